The van der Waals surface area contributed by atoms with Gasteiger partial charge in [-0.25, -0.2) is 4.98 Å². The quantitative estimate of drug-likeness (QED) is 0.447. The SMILES string of the molecule is C=C(C#N)c1cc(C)nc2nn(Cc3ccc(Cc4ccccc4)cc3)c(C)c12. The molecule has 2 aromatic heterocycles. The first-order valence-corrected chi connectivity index (χ1v) is 9.61. The molecule has 0 saturated carbocycles. The van der Waals surface area contributed by atoms with Crippen molar-refractivity contribution in [3.63, 3.8) is 0 Å². The first-order chi connectivity index (χ1) is 14.0. The molecule has 4 nitrogen and oxygen atoms in total. The van der Waals surface area contributed by atoms with Gasteiger partial charge in [0.1, 0.15) is 0 Å². The second-order valence-corrected chi connectivity index (χ2v) is 7.32. The van der Waals surface area contributed by atoms with E-state index in [-0.39, 0.29) is 0 Å². The predicted molar refractivity (Wildman–Crippen MR) is 116 cm³/mol. The Morgan fingerprint density at radius 1 is 1.00 bits per heavy atom. The number of allylic oxidation sites excluding steroid dienone is 1. The molecule has 0 aliphatic carbocycles. The van der Waals surface area contributed by atoms with E-state index in [0.717, 1.165) is 28.8 Å². The number of nitrogens with zero attached hydrogens (tertiary/aromatic N) is 4. The van der Waals surface area contributed by atoms with E-state index in [1.54, 1.807) is 0 Å². The second-order valence-electron chi connectivity index (χ2n) is 7.32. The van der Waals surface area contributed by atoms with E-state index < -0.39 is 0 Å². The topological polar surface area (TPSA) is 54.5 Å². The number of rotatable bonds is 5. The molecule has 142 valence electrons. The van der Waals surface area contributed by atoms with Gasteiger partial charge in [0.15, 0.2) is 5.65 Å². The minimum atomic E-state index is 0.438. The first kappa shape index (κ1) is 18.6. The smallest absolute Gasteiger partial charge is 0.182 e. The summed E-state index contributed by atoms with van der Waals surface area (Å²) in [6, 6.07) is 23.2. The third-order valence-electron chi connectivity index (χ3n) is 5.16. The summed E-state index contributed by atoms with van der Waals surface area (Å²) >= 11 is 0. The molecule has 2 aromatic carbocycles. The summed E-state index contributed by atoms with van der Waals surface area (Å²) in [6.45, 7) is 8.47. The van der Waals surface area contributed by atoms with E-state index >= 15 is 0 Å². The van der Waals surface area contributed by atoms with Crippen LogP contribution in [0.15, 0.2) is 67.2 Å². The van der Waals surface area contributed by atoms with Gasteiger partial charge in [-0.3, -0.25) is 4.68 Å². The fraction of sp³-hybridized carbons (Fsp3) is 0.160. The van der Waals surface area contributed by atoms with Crippen molar-refractivity contribution in [1.29, 1.82) is 5.26 Å². The van der Waals surface area contributed by atoms with Crippen molar-refractivity contribution >= 4 is 16.6 Å². The Morgan fingerprint density at radius 3 is 2.34 bits per heavy atom. The lowest BCUT2D eigenvalue weighted by Gasteiger charge is -2.07. The van der Waals surface area contributed by atoms with Gasteiger partial charge in [-0.1, -0.05) is 61.2 Å². The van der Waals surface area contributed by atoms with Gasteiger partial charge in [0, 0.05) is 17.0 Å². The van der Waals surface area contributed by atoms with Crippen molar-refractivity contribution in [2.45, 2.75) is 26.8 Å². The Hall–Kier alpha value is -3.71. The van der Waals surface area contributed by atoms with Gasteiger partial charge in [0.2, 0.25) is 0 Å². The highest BCUT2D eigenvalue weighted by Crippen LogP contribution is 2.27. The number of hydrogen-bond acceptors (Lipinski definition) is 3. The minimum Gasteiger partial charge on any atom is -0.263 e. The number of fused-ring (bicyclic) bond motifs is 1. The summed E-state index contributed by atoms with van der Waals surface area (Å²) in [5.41, 5.74) is 7.51. The number of benzene rings is 2. The molecule has 0 aliphatic rings. The van der Waals surface area contributed by atoms with Crippen molar-refractivity contribution in [3.8, 4) is 6.07 Å². The Morgan fingerprint density at radius 2 is 1.66 bits per heavy atom. The van der Waals surface area contributed by atoms with E-state index in [0.29, 0.717) is 17.8 Å². The zero-order valence-corrected chi connectivity index (χ0v) is 16.7. The monoisotopic (exact) mass is 378 g/mol. The van der Waals surface area contributed by atoms with Crippen molar-refractivity contribution in [3.05, 3.63) is 101 Å². The molecule has 4 aromatic rings. The van der Waals surface area contributed by atoms with Crippen molar-refractivity contribution in [2.24, 2.45) is 0 Å². The normalized spacial score (nSPS) is 10.8. The summed E-state index contributed by atoms with van der Waals surface area (Å²) in [7, 11) is 0. The Labute approximate surface area is 170 Å². The van der Waals surface area contributed by atoms with Crippen LogP contribution in [0.3, 0.4) is 0 Å². The van der Waals surface area contributed by atoms with Crippen molar-refractivity contribution < 1.29 is 0 Å². The van der Waals surface area contributed by atoms with Crippen LogP contribution in [0.25, 0.3) is 16.6 Å². The molecule has 0 aliphatic heterocycles. The molecule has 0 fully saturated rings. The van der Waals surface area contributed by atoms with Gasteiger partial charge in [-0.2, -0.15) is 10.4 Å². The van der Waals surface area contributed by atoms with Crippen molar-refractivity contribution in [2.75, 3.05) is 0 Å². The van der Waals surface area contributed by atoms with E-state index in [1.165, 1.54) is 16.7 Å². The molecular formula is C25H22N4. The van der Waals surface area contributed by atoms with Crippen LogP contribution in [0.1, 0.15) is 33.6 Å². The molecule has 0 spiro atoms. The van der Waals surface area contributed by atoms with E-state index in [1.807, 2.05) is 30.7 Å². The molecule has 0 saturated heterocycles. The van der Waals surface area contributed by atoms with E-state index in [9.17, 15) is 5.26 Å². The predicted octanol–water partition coefficient (Wildman–Crippen LogP) is 5.22. The van der Waals surface area contributed by atoms with Gasteiger partial charge in [0.05, 0.1) is 23.6 Å². The van der Waals surface area contributed by atoms with Crippen LogP contribution >= 0.6 is 0 Å². The number of hydrogen-bond donors (Lipinski definition) is 0. The lowest BCUT2D eigenvalue weighted by Crippen LogP contribution is -2.04. The fourth-order valence-electron chi connectivity index (χ4n) is 3.62. The molecule has 29 heavy (non-hydrogen) atoms. The largest absolute Gasteiger partial charge is 0.263 e. The molecule has 0 amide bonds. The number of pyridine rings is 1. The second kappa shape index (κ2) is 7.73. The highest BCUT2D eigenvalue weighted by molar-refractivity contribution is 5.94. The average Bonchev–Trinajstić information content (AvgIpc) is 3.04. The van der Waals surface area contributed by atoms with Gasteiger partial charge in [-0.15, -0.1) is 0 Å². The molecule has 0 unspecified atom stereocenters. The number of aryl methyl sites for hydroxylation is 2. The molecule has 2 heterocycles. The third-order valence-corrected chi connectivity index (χ3v) is 5.16. The molecule has 4 heteroatoms. The Kier molecular flexibility index (Phi) is 4.97. The number of aromatic nitrogens is 3. The molecule has 0 atom stereocenters. The van der Waals surface area contributed by atoms with E-state index in [4.69, 9.17) is 5.10 Å². The average molecular weight is 378 g/mol. The standard InChI is InChI=1S/C25H22N4/c1-17(15-26)23-13-18(2)27-25-24(23)19(3)29(28-25)16-22-11-9-21(10-12-22)14-20-7-5-4-6-8-20/h4-13H,1,14,16H2,2-3H3. The molecule has 4 rings (SSSR count). The van der Waals surface area contributed by atoms with Crippen LogP contribution < -0.4 is 0 Å². The maximum Gasteiger partial charge on any atom is 0.182 e. The zero-order valence-electron chi connectivity index (χ0n) is 16.7. The van der Waals surface area contributed by atoms with Crippen LogP contribution in [0, 0.1) is 25.2 Å². The highest BCUT2D eigenvalue weighted by Gasteiger charge is 2.15. The summed E-state index contributed by atoms with van der Waals surface area (Å²) in [4.78, 5) is 4.55. The number of nitriles is 1. The Balaban J connectivity index is 1.62. The summed E-state index contributed by atoms with van der Waals surface area (Å²) in [6.07, 6.45) is 0.925. The van der Waals surface area contributed by atoms with Gasteiger partial charge in [0.25, 0.3) is 0 Å². The minimum absolute atomic E-state index is 0.438. The van der Waals surface area contributed by atoms with Crippen LogP contribution in [0.4, 0.5) is 0 Å². The van der Waals surface area contributed by atoms with Gasteiger partial charge >= 0.3 is 0 Å². The highest BCUT2D eigenvalue weighted by atomic mass is 15.3. The maximum absolute atomic E-state index is 9.31. The van der Waals surface area contributed by atoms with Crippen LogP contribution in [-0.4, -0.2) is 14.8 Å². The van der Waals surface area contributed by atoms with Crippen LogP contribution in [-0.2, 0) is 13.0 Å². The molecular weight excluding hydrogens is 356 g/mol. The zero-order chi connectivity index (χ0) is 20.4. The first-order valence-electron chi connectivity index (χ1n) is 9.61. The molecule has 0 radical (unpaired) electrons. The van der Waals surface area contributed by atoms with Gasteiger partial charge < -0.3 is 0 Å². The Bertz CT molecular complexity index is 1230. The van der Waals surface area contributed by atoms with Gasteiger partial charge in [-0.05, 0) is 43.0 Å². The van der Waals surface area contributed by atoms with Crippen molar-refractivity contribution in [1.82, 2.24) is 14.8 Å². The molecule has 0 N–H and O–H groups in total. The summed E-state index contributed by atoms with van der Waals surface area (Å²) in [5.74, 6) is 0. The van der Waals surface area contributed by atoms with Crippen LogP contribution in [0.2, 0.25) is 0 Å². The van der Waals surface area contributed by atoms with E-state index in [2.05, 4.69) is 66.2 Å². The summed E-state index contributed by atoms with van der Waals surface area (Å²) in [5, 5.41) is 14.9. The molecule has 0 bridgehead atoms. The lowest BCUT2D eigenvalue weighted by atomic mass is 10.0. The lowest BCUT2D eigenvalue weighted by molar-refractivity contribution is 0.671. The summed E-state index contributed by atoms with van der Waals surface area (Å²) < 4.78 is 1.96. The third kappa shape index (κ3) is 3.81. The maximum atomic E-state index is 9.31. The fourth-order valence-corrected chi connectivity index (χ4v) is 3.62. The van der Waals surface area contributed by atoms with Crippen LogP contribution in [0.5, 0.6) is 0 Å².